The Hall–Kier alpha value is -1.23. The van der Waals surface area contributed by atoms with Gasteiger partial charge in [-0.05, 0) is 31.9 Å². The average Bonchev–Trinajstić information content (AvgIpc) is 2.35. The maximum Gasteiger partial charge on any atom is 0.150 e. The number of hydrogen-bond acceptors (Lipinski definition) is 4. The van der Waals surface area contributed by atoms with Crippen molar-refractivity contribution in [3.8, 4) is 5.75 Å². The molecule has 0 aliphatic carbocycles. The third kappa shape index (κ3) is 3.38. The van der Waals surface area contributed by atoms with Gasteiger partial charge in [-0.1, -0.05) is 12.1 Å². The standard InChI is InChI=1S/C13H19NO3S/c1-2-17-13-6-4-3-5-12(13)14-11-7-9-18(15,16)10-8-11/h3-6,11,14H,2,7-10H2,1H3. The van der Waals surface area contributed by atoms with Gasteiger partial charge in [0.05, 0.1) is 23.8 Å². The van der Waals surface area contributed by atoms with Crippen molar-refractivity contribution in [3.05, 3.63) is 24.3 Å². The van der Waals surface area contributed by atoms with Crippen molar-refractivity contribution in [2.45, 2.75) is 25.8 Å². The van der Waals surface area contributed by atoms with Crippen LogP contribution in [0.4, 0.5) is 5.69 Å². The number of sulfone groups is 1. The largest absolute Gasteiger partial charge is 0.492 e. The van der Waals surface area contributed by atoms with Gasteiger partial charge in [-0.15, -0.1) is 0 Å². The van der Waals surface area contributed by atoms with E-state index >= 15 is 0 Å². The van der Waals surface area contributed by atoms with E-state index in [-0.39, 0.29) is 17.5 Å². The summed E-state index contributed by atoms with van der Waals surface area (Å²) in [5.41, 5.74) is 0.948. The number of rotatable bonds is 4. The van der Waals surface area contributed by atoms with Crippen LogP contribution in [0.15, 0.2) is 24.3 Å². The molecule has 4 nitrogen and oxygen atoms in total. The highest BCUT2D eigenvalue weighted by Crippen LogP contribution is 2.26. The summed E-state index contributed by atoms with van der Waals surface area (Å²) in [5.74, 6) is 1.39. The lowest BCUT2D eigenvalue weighted by Gasteiger charge is -2.25. The zero-order chi connectivity index (χ0) is 13.0. The Balaban J connectivity index is 2.02. The third-order valence-corrected chi connectivity index (χ3v) is 4.82. The Bertz CT molecular complexity index is 485. The quantitative estimate of drug-likeness (QED) is 0.909. The molecule has 0 amide bonds. The van der Waals surface area contributed by atoms with Gasteiger partial charge in [0, 0.05) is 6.04 Å². The van der Waals surface area contributed by atoms with Crippen LogP contribution in [0.2, 0.25) is 0 Å². The lowest BCUT2D eigenvalue weighted by molar-refractivity contribution is 0.341. The molecule has 1 heterocycles. The summed E-state index contributed by atoms with van der Waals surface area (Å²) in [6, 6.07) is 7.99. The van der Waals surface area contributed by atoms with Crippen LogP contribution in [0, 0.1) is 0 Å². The molecule has 1 N–H and O–H groups in total. The smallest absolute Gasteiger partial charge is 0.150 e. The van der Waals surface area contributed by atoms with Gasteiger partial charge in [0.15, 0.2) is 0 Å². The summed E-state index contributed by atoms with van der Waals surface area (Å²) < 4.78 is 28.3. The predicted molar refractivity (Wildman–Crippen MR) is 72.9 cm³/mol. The van der Waals surface area contributed by atoms with Crippen LogP contribution in [-0.2, 0) is 9.84 Å². The highest BCUT2D eigenvalue weighted by molar-refractivity contribution is 7.91. The van der Waals surface area contributed by atoms with E-state index in [1.54, 1.807) is 0 Å². The van der Waals surface area contributed by atoms with E-state index in [1.165, 1.54) is 0 Å². The van der Waals surface area contributed by atoms with Crippen LogP contribution < -0.4 is 10.1 Å². The monoisotopic (exact) mass is 269 g/mol. The predicted octanol–water partition coefficient (Wildman–Crippen LogP) is 2.07. The van der Waals surface area contributed by atoms with Crippen molar-refractivity contribution >= 4 is 15.5 Å². The maximum atomic E-state index is 11.4. The first kappa shape index (κ1) is 13.2. The van der Waals surface area contributed by atoms with Gasteiger partial charge in [0.25, 0.3) is 0 Å². The van der Waals surface area contributed by atoms with Gasteiger partial charge in [0.1, 0.15) is 15.6 Å². The summed E-state index contributed by atoms with van der Waals surface area (Å²) in [7, 11) is -2.80. The number of ether oxygens (including phenoxy) is 1. The van der Waals surface area contributed by atoms with Gasteiger partial charge in [-0.3, -0.25) is 0 Å². The minimum Gasteiger partial charge on any atom is -0.492 e. The van der Waals surface area contributed by atoms with Crippen LogP contribution in [0.5, 0.6) is 5.75 Å². The molecule has 1 aliphatic heterocycles. The van der Waals surface area contributed by atoms with E-state index in [4.69, 9.17) is 4.74 Å². The molecule has 100 valence electrons. The van der Waals surface area contributed by atoms with Crippen LogP contribution in [0.3, 0.4) is 0 Å². The Morgan fingerprint density at radius 1 is 1.28 bits per heavy atom. The van der Waals surface area contributed by atoms with E-state index in [9.17, 15) is 8.42 Å². The molecule has 1 fully saturated rings. The van der Waals surface area contributed by atoms with Crippen LogP contribution in [0.25, 0.3) is 0 Å². The Morgan fingerprint density at radius 3 is 2.61 bits per heavy atom. The van der Waals surface area contributed by atoms with Gasteiger partial charge < -0.3 is 10.1 Å². The maximum absolute atomic E-state index is 11.4. The second-order valence-electron chi connectivity index (χ2n) is 4.50. The van der Waals surface area contributed by atoms with Crippen molar-refractivity contribution in [1.29, 1.82) is 0 Å². The molecular weight excluding hydrogens is 250 g/mol. The SMILES string of the molecule is CCOc1ccccc1NC1CCS(=O)(=O)CC1. The molecule has 0 saturated carbocycles. The van der Waals surface area contributed by atoms with E-state index in [0.717, 1.165) is 11.4 Å². The van der Waals surface area contributed by atoms with E-state index in [0.29, 0.717) is 19.4 Å². The zero-order valence-electron chi connectivity index (χ0n) is 10.6. The lowest BCUT2D eigenvalue weighted by Crippen LogP contribution is -2.32. The fraction of sp³-hybridized carbons (Fsp3) is 0.538. The first-order chi connectivity index (χ1) is 8.61. The first-order valence-corrected chi connectivity index (χ1v) is 8.11. The summed E-state index contributed by atoms with van der Waals surface area (Å²) in [6.07, 6.45) is 1.34. The molecular formula is C13H19NO3S. The molecule has 0 bridgehead atoms. The molecule has 5 heteroatoms. The number of para-hydroxylation sites is 2. The van der Waals surface area contributed by atoms with E-state index in [1.807, 2.05) is 31.2 Å². The number of anilines is 1. The normalized spacial score (nSPS) is 19.4. The number of hydrogen-bond donors (Lipinski definition) is 1. The van der Waals surface area contributed by atoms with Crippen molar-refractivity contribution in [1.82, 2.24) is 0 Å². The van der Waals surface area contributed by atoms with Gasteiger partial charge in [-0.25, -0.2) is 8.42 Å². The second kappa shape index (κ2) is 5.61. The Labute approximate surface area is 108 Å². The summed E-state index contributed by atoms with van der Waals surface area (Å²) in [4.78, 5) is 0. The summed E-state index contributed by atoms with van der Waals surface area (Å²) in [6.45, 7) is 2.57. The highest BCUT2D eigenvalue weighted by atomic mass is 32.2. The van der Waals surface area contributed by atoms with Crippen LogP contribution >= 0.6 is 0 Å². The van der Waals surface area contributed by atoms with Crippen molar-refractivity contribution in [2.75, 3.05) is 23.4 Å². The summed E-state index contributed by atoms with van der Waals surface area (Å²) >= 11 is 0. The van der Waals surface area contributed by atoms with Crippen molar-refractivity contribution in [3.63, 3.8) is 0 Å². The molecule has 1 aromatic carbocycles. The van der Waals surface area contributed by atoms with Gasteiger partial charge in [-0.2, -0.15) is 0 Å². The second-order valence-corrected chi connectivity index (χ2v) is 6.80. The number of nitrogens with one attached hydrogen (secondary N) is 1. The van der Waals surface area contributed by atoms with E-state index < -0.39 is 9.84 Å². The molecule has 18 heavy (non-hydrogen) atoms. The first-order valence-electron chi connectivity index (χ1n) is 6.29. The average molecular weight is 269 g/mol. The molecule has 2 rings (SSSR count). The highest BCUT2D eigenvalue weighted by Gasteiger charge is 2.23. The minimum atomic E-state index is -2.80. The molecule has 1 aliphatic rings. The van der Waals surface area contributed by atoms with E-state index in [2.05, 4.69) is 5.32 Å². The van der Waals surface area contributed by atoms with Crippen molar-refractivity contribution < 1.29 is 13.2 Å². The summed E-state index contributed by atoms with van der Waals surface area (Å²) in [5, 5.41) is 3.38. The molecule has 0 aromatic heterocycles. The van der Waals surface area contributed by atoms with Gasteiger partial charge >= 0.3 is 0 Å². The fourth-order valence-corrected chi connectivity index (χ4v) is 3.61. The molecule has 0 atom stereocenters. The van der Waals surface area contributed by atoms with Crippen molar-refractivity contribution in [2.24, 2.45) is 0 Å². The van der Waals surface area contributed by atoms with Gasteiger partial charge in [0.2, 0.25) is 0 Å². The molecule has 1 aromatic rings. The third-order valence-electron chi connectivity index (χ3n) is 3.10. The topological polar surface area (TPSA) is 55.4 Å². The molecule has 1 saturated heterocycles. The minimum absolute atomic E-state index is 0.218. The lowest BCUT2D eigenvalue weighted by atomic mass is 10.1. The molecule has 0 unspecified atom stereocenters. The van der Waals surface area contributed by atoms with Crippen LogP contribution in [0.1, 0.15) is 19.8 Å². The number of benzene rings is 1. The Morgan fingerprint density at radius 2 is 1.94 bits per heavy atom. The fourth-order valence-electron chi connectivity index (χ4n) is 2.12. The molecule has 0 radical (unpaired) electrons. The van der Waals surface area contributed by atoms with Crippen LogP contribution in [-0.4, -0.2) is 32.6 Å². The zero-order valence-corrected chi connectivity index (χ0v) is 11.4. The Kier molecular flexibility index (Phi) is 4.11. The molecule has 0 spiro atoms.